The Kier molecular flexibility index (Phi) is 3.60. The predicted molar refractivity (Wildman–Crippen MR) is 78.1 cm³/mol. The van der Waals surface area contributed by atoms with Crippen LogP contribution in [0.15, 0.2) is 48.8 Å². The number of nitrogens with zero attached hydrogens (tertiary/aromatic N) is 2. The van der Waals surface area contributed by atoms with Gasteiger partial charge in [-0.25, -0.2) is 0 Å². The summed E-state index contributed by atoms with van der Waals surface area (Å²) in [6.45, 7) is 1.20. The third kappa shape index (κ3) is 2.85. The molecule has 1 saturated heterocycles. The van der Waals surface area contributed by atoms with Crippen LogP contribution in [0, 0.1) is 0 Å². The minimum Gasteiger partial charge on any atom is -0.299 e. The summed E-state index contributed by atoms with van der Waals surface area (Å²) in [6, 6.07) is 13.5. The van der Waals surface area contributed by atoms with Crippen molar-refractivity contribution in [3.05, 3.63) is 65.5 Å². The molecular formula is C17H20N2. The summed E-state index contributed by atoms with van der Waals surface area (Å²) >= 11 is 0. The lowest BCUT2D eigenvalue weighted by Crippen LogP contribution is -2.17. The average Bonchev–Trinajstić information content (AvgIpc) is 2.86. The van der Waals surface area contributed by atoms with E-state index in [9.17, 15) is 0 Å². The van der Waals surface area contributed by atoms with Crippen LogP contribution < -0.4 is 0 Å². The van der Waals surface area contributed by atoms with Crippen LogP contribution in [0.4, 0.5) is 0 Å². The molecule has 0 radical (unpaired) electrons. The van der Waals surface area contributed by atoms with Crippen LogP contribution in [-0.2, 0) is 6.42 Å². The van der Waals surface area contributed by atoms with E-state index in [2.05, 4.69) is 53.3 Å². The zero-order valence-electron chi connectivity index (χ0n) is 11.4. The fourth-order valence-corrected chi connectivity index (χ4v) is 2.95. The quantitative estimate of drug-likeness (QED) is 0.832. The van der Waals surface area contributed by atoms with Gasteiger partial charge in [-0.15, -0.1) is 0 Å². The molecule has 0 bridgehead atoms. The van der Waals surface area contributed by atoms with Gasteiger partial charge in [-0.1, -0.05) is 36.4 Å². The van der Waals surface area contributed by atoms with Gasteiger partial charge in [0, 0.05) is 18.4 Å². The molecule has 2 heteroatoms. The van der Waals surface area contributed by atoms with Crippen molar-refractivity contribution in [2.75, 3.05) is 13.6 Å². The summed E-state index contributed by atoms with van der Waals surface area (Å²) in [5.41, 5.74) is 4.03. The van der Waals surface area contributed by atoms with E-state index in [1.807, 2.05) is 12.4 Å². The molecule has 0 spiro atoms. The summed E-state index contributed by atoms with van der Waals surface area (Å²) in [7, 11) is 2.21. The van der Waals surface area contributed by atoms with Crippen molar-refractivity contribution in [2.24, 2.45) is 0 Å². The number of benzene rings is 1. The average molecular weight is 252 g/mol. The number of pyridine rings is 1. The lowest BCUT2D eigenvalue weighted by atomic mass is 10.0. The molecule has 1 aliphatic rings. The Hall–Kier alpha value is -1.67. The number of hydrogen-bond donors (Lipinski definition) is 0. The Balaban J connectivity index is 1.80. The summed E-state index contributed by atoms with van der Waals surface area (Å²) < 4.78 is 0. The van der Waals surface area contributed by atoms with Crippen LogP contribution in [0.1, 0.15) is 35.6 Å². The first-order chi connectivity index (χ1) is 9.33. The van der Waals surface area contributed by atoms with Gasteiger partial charge in [0.1, 0.15) is 0 Å². The third-order valence-corrected chi connectivity index (χ3v) is 3.97. The third-order valence-electron chi connectivity index (χ3n) is 3.97. The summed E-state index contributed by atoms with van der Waals surface area (Å²) in [5.74, 6) is 0. The summed E-state index contributed by atoms with van der Waals surface area (Å²) in [6.07, 6.45) is 7.54. The van der Waals surface area contributed by atoms with Crippen molar-refractivity contribution in [1.29, 1.82) is 0 Å². The highest BCUT2D eigenvalue weighted by Crippen LogP contribution is 2.30. The Morgan fingerprint density at radius 2 is 2.00 bits per heavy atom. The predicted octanol–water partition coefficient (Wildman–Crippen LogP) is 3.44. The second-order valence-electron chi connectivity index (χ2n) is 5.43. The van der Waals surface area contributed by atoms with E-state index in [-0.39, 0.29) is 0 Å². The molecule has 2 aromatic rings. The van der Waals surface area contributed by atoms with Crippen LogP contribution in [-0.4, -0.2) is 23.5 Å². The monoisotopic (exact) mass is 252 g/mol. The molecule has 98 valence electrons. The molecule has 19 heavy (non-hydrogen) atoms. The fraction of sp³-hybridized carbons (Fsp3) is 0.353. The van der Waals surface area contributed by atoms with E-state index in [1.54, 1.807) is 0 Å². The Bertz CT molecular complexity index is 536. The molecule has 1 aromatic carbocycles. The molecule has 1 aliphatic heterocycles. The fourth-order valence-electron chi connectivity index (χ4n) is 2.95. The van der Waals surface area contributed by atoms with Gasteiger partial charge in [0.15, 0.2) is 0 Å². The van der Waals surface area contributed by atoms with Gasteiger partial charge in [0.25, 0.3) is 0 Å². The molecule has 1 atom stereocenters. The first-order valence-electron chi connectivity index (χ1n) is 7.01. The smallest absolute Gasteiger partial charge is 0.0360 e. The molecule has 0 N–H and O–H groups in total. The Morgan fingerprint density at radius 3 is 2.74 bits per heavy atom. The zero-order chi connectivity index (χ0) is 13.1. The zero-order valence-corrected chi connectivity index (χ0v) is 11.4. The van der Waals surface area contributed by atoms with Gasteiger partial charge >= 0.3 is 0 Å². The van der Waals surface area contributed by atoms with Crippen molar-refractivity contribution < 1.29 is 0 Å². The minimum absolute atomic E-state index is 0.559. The van der Waals surface area contributed by atoms with E-state index in [0.29, 0.717) is 6.04 Å². The van der Waals surface area contributed by atoms with E-state index in [4.69, 9.17) is 0 Å². The van der Waals surface area contributed by atoms with Crippen LogP contribution >= 0.6 is 0 Å². The van der Waals surface area contributed by atoms with Gasteiger partial charge < -0.3 is 0 Å². The number of aromatic nitrogens is 1. The SMILES string of the molecule is CN1CCCC1c1cncc(Cc2ccccc2)c1. The van der Waals surface area contributed by atoms with Crippen LogP contribution in [0.25, 0.3) is 0 Å². The van der Waals surface area contributed by atoms with Crippen molar-refractivity contribution in [3.8, 4) is 0 Å². The molecule has 0 amide bonds. The van der Waals surface area contributed by atoms with Crippen molar-refractivity contribution in [2.45, 2.75) is 25.3 Å². The summed E-state index contributed by atoms with van der Waals surface area (Å²) in [5, 5.41) is 0. The molecular weight excluding hydrogens is 232 g/mol. The number of likely N-dealkylation sites (tertiary alicyclic amines) is 1. The lowest BCUT2D eigenvalue weighted by molar-refractivity contribution is 0.317. The van der Waals surface area contributed by atoms with Gasteiger partial charge in [-0.2, -0.15) is 0 Å². The minimum atomic E-state index is 0.559. The second-order valence-corrected chi connectivity index (χ2v) is 5.43. The highest BCUT2D eigenvalue weighted by molar-refractivity contribution is 5.28. The molecule has 0 saturated carbocycles. The maximum atomic E-state index is 4.43. The van der Waals surface area contributed by atoms with Gasteiger partial charge in [-0.05, 0) is 49.5 Å². The first kappa shape index (κ1) is 12.4. The van der Waals surface area contributed by atoms with E-state index >= 15 is 0 Å². The van der Waals surface area contributed by atoms with E-state index < -0.39 is 0 Å². The standard InChI is InChI=1S/C17H20N2/c1-19-9-5-8-17(19)16-11-15(12-18-13-16)10-14-6-3-2-4-7-14/h2-4,6-7,11-13,17H,5,8-10H2,1H3. The molecule has 2 heterocycles. The van der Waals surface area contributed by atoms with E-state index in [0.717, 1.165) is 6.42 Å². The number of rotatable bonds is 3. The highest BCUT2D eigenvalue weighted by Gasteiger charge is 2.22. The Labute approximate surface area is 115 Å². The molecule has 1 aromatic heterocycles. The van der Waals surface area contributed by atoms with Gasteiger partial charge in [0.05, 0.1) is 0 Å². The van der Waals surface area contributed by atoms with Gasteiger partial charge in [-0.3, -0.25) is 9.88 Å². The highest BCUT2D eigenvalue weighted by atomic mass is 15.1. The number of hydrogen-bond acceptors (Lipinski definition) is 2. The second kappa shape index (κ2) is 5.54. The topological polar surface area (TPSA) is 16.1 Å². The normalized spacial score (nSPS) is 19.7. The van der Waals surface area contributed by atoms with Crippen molar-refractivity contribution in [1.82, 2.24) is 9.88 Å². The molecule has 3 rings (SSSR count). The van der Waals surface area contributed by atoms with Crippen LogP contribution in [0.5, 0.6) is 0 Å². The lowest BCUT2D eigenvalue weighted by Gasteiger charge is -2.19. The van der Waals surface area contributed by atoms with Crippen LogP contribution in [0.2, 0.25) is 0 Å². The summed E-state index contributed by atoms with van der Waals surface area (Å²) in [4.78, 5) is 6.87. The molecule has 0 aliphatic carbocycles. The van der Waals surface area contributed by atoms with E-state index in [1.165, 1.54) is 36.1 Å². The molecule has 1 fully saturated rings. The molecule has 1 unspecified atom stereocenters. The Morgan fingerprint density at radius 1 is 1.16 bits per heavy atom. The molecule has 2 nitrogen and oxygen atoms in total. The first-order valence-corrected chi connectivity index (χ1v) is 7.01. The van der Waals surface area contributed by atoms with Crippen molar-refractivity contribution >= 4 is 0 Å². The van der Waals surface area contributed by atoms with Crippen molar-refractivity contribution in [3.63, 3.8) is 0 Å². The van der Waals surface area contributed by atoms with Crippen LogP contribution in [0.3, 0.4) is 0 Å². The largest absolute Gasteiger partial charge is 0.299 e. The van der Waals surface area contributed by atoms with Gasteiger partial charge in [0.2, 0.25) is 0 Å². The maximum absolute atomic E-state index is 4.43. The maximum Gasteiger partial charge on any atom is 0.0360 e.